The Bertz CT molecular complexity index is 1570. The summed E-state index contributed by atoms with van der Waals surface area (Å²) in [6.45, 7) is 2.86. The molecule has 10 heteroatoms. The average Bonchev–Trinajstić information content (AvgIpc) is 2.97. The number of anilines is 2. The summed E-state index contributed by atoms with van der Waals surface area (Å²) in [6, 6.07) is 20.3. The van der Waals surface area contributed by atoms with E-state index in [9.17, 15) is 5.11 Å². The van der Waals surface area contributed by atoms with Gasteiger partial charge in [-0.2, -0.15) is 15.0 Å². The summed E-state index contributed by atoms with van der Waals surface area (Å²) in [6.07, 6.45) is 4.03. The van der Waals surface area contributed by atoms with Crippen LogP contribution in [0, 0.1) is 0 Å². The SMILES string of the molecule is CCC(=Nc1ccc(O)c2cccc(OC)c12)c1nc(N)nc(N(Cc2ccccn2)Cc2ccccn2)n1. The van der Waals surface area contributed by atoms with E-state index in [2.05, 4.69) is 19.9 Å². The van der Waals surface area contributed by atoms with Gasteiger partial charge in [0, 0.05) is 17.8 Å². The fraction of sp³-hybridized carbons (Fsp3) is 0.172. The highest BCUT2D eigenvalue weighted by atomic mass is 16.5. The molecule has 0 fully saturated rings. The van der Waals surface area contributed by atoms with Gasteiger partial charge in [-0.1, -0.05) is 31.2 Å². The van der Waals surface area contributed by atoms with Gasteiger partial charge in [0.05, 0.1) is 48.4 Å². The van der Waals surface area contributed by atoms with Crippen LogP contribution in [0.15, 0.2) is 84.1 Å². The van der Waals surface area contributed by atoms with Crippen LogP contribution in [0.3, 0.4) is 0 Å². The van der Waals surface area contributed by atoms with Crippen molar-refractivity contribution in [1.29, 1.82) is 0 Å². The van der Waals surface area contributed by atoms with E-state index < -0.39 is 0 Å². The van der Waals surface area contributed by atoms with Crippen LogP contribution < -0.4 is 15.4 Å². The minimum atomic E-state index is 0.0799. The Balaban J connectivity index is 1.59. The molecule has 10 nitrogen and oxygen atoms in total. The molecule has 0 aliphatic rings. The third kappa shape index (κ3) is 5.74. The highest BCUT2D eigenvalue weighted by molar-refractivity contribution is 6.06. The Kier molecular flexibility index (Phi) is 7.53. The van der Waals surface area contributed by atoms with E-state index in [-0.39, 0.29) is 11.7 Å². The summed E-state index contributed by atoms with van der Waals surface area (Å²) >= 11 is 0. The van der Waals surface area contributed by atoms with Gasteiger partial charge in [0.15, 0.2) is 5.82 Å². The first-order valence-electron chi connectivity index (χ1n) is 12.5. The van der Waals surface area contributed by atoms with Crippen LogP contribution in [0.25, 0.3) is 10.8 Å². The van der Waals surface area contributed by atoms with Gasteiger partial charge in [-0.3, -0.25) is 9.97 Å². The van der Waals surface area contributed by atoms with Crippen molar-refractivity contribution in [3.05, 3.63) is 96.3 Å². The molecule has 0 amide bonds. The number of fused-ring (bicyclic) bond motifs is 1. The third-order valence-corrected chi connectivity index (χ3v) is 6.11. The summed E-state index contributed by atoms with van der Waals surface area (Å²) in [5.74, 6) is 1.58. The van der Waals surface area contributed by atoms with E-state index in [0.29, 0.717) is 59.2 Å². The topological polar surface area (TPSA) is 136 Å². The van der Waals surface area contributed by atoms with Gasteiger partial charge >= 0.3 is 0 Å². The summed E-state index contributed by atoms with van der Waals surface area (Å²) < 4.78 is 5.57. The molecule has 2 aromatic carbocycles. The first kappa shape index (κ1) is 25.5. The molecule has 0 spiro atoms. The van der Waals surface area contributed by atoms with Gasteiger partial charge < -0.3 is 20.5 Å². The van der Waals surface area contributed by atoms with E-state index in [0.717, 1.165) is 11.4 Å². The van der Waals surface area contributed by atoms with Crippen molar-refractivity contribution in [1.82, 2.24) is 24.9 Å². The Morgan fingerprint density at radius 2 is 1.62 bits per heavy atom. The Morgan fingerprint density at radius 1 is 0.897 bits per heavy atom. The highest BCUT2D eigenvalue weighted by Gasteiger charge is 2.18. The van der Waals surface area contributed by atoms with Crippen molar-refractivity contribution in [2.45, 2.75) is 26.4 Å². The number of methoxy groups -OCH3 is 1. The Labute approximate surface area is 225 Å². The standard InChI is InChI=1S/C29H28N8O2/c1-3-22(33-23-13-14-24(38)21-11-8-12-25(39-2)26(21)23)27-34-28(30)36-29(35-27)37(17-19-9-4-6-15-31-19)18-20-10-5-7-16-32-20/h4-16,38H,3,17-18H2,1-2H3,(H2,30,34,35,36). The number of aromatic nitrogens is 5. The van der Waals surface area contributed by atoms with Crippen LogP contribution in [0.2, 0.25) is 0 Å². The molecule has 5 aromatic rings. The fourth-order valence-electron chi connectivity index (χ4n) is 4.26. The molecular formula is C29H28N8O2. The number of pyridine rings is 2. The molecular weight excluding hydrogens is 492 g/mol. The zero-order valence-corrected chi connectivity index (χ0v) is 21.7. The van der Waals surface area contributed by atoms with E-state index in [1.807, 2.05) is 66.4 Å². The summed E-state index contributed by atoms with van der Waals surface area (Å²) in [4.78, 5) is 29.5. The van der Waals surface area contributed by atoms with Gasteiger partial charge in [-0.05, 0) is 48.9 Å². The van der Waals surface area contributed by atoms with Crippen LogP contribution in [-0.4, -0.2) is 42.8 Å². The second-order valence-electron chi connectivity index (χ2n) is 8.71. The van der Waals surface area contributed by atoms with E-state index in [1.165, 1.54) is 0 Å². The van der Waals surface area contributed by atoms with E-state index in [1.54, 1.807) is 31.6 Å². The van der Waals surface area contributed by atoms with Crippen molar-refractivity contribution >= 4 is 34.1 Å². The Hall–Kier alpha value is -5.12. The second kappa shape index (κ2) is 11.5. The minimum absolute atomic E-state index is 0.0799. The van der Waals surface area contributed by atoms with Crippen LogP contribution in [0.5, 0.6) is 11.5 Å². The average molecular weight is 521 g/mol. The number of hydrogen-bond acceptors (Lipinski definition) is 10. The maximum atomic E-state index is 10.4. The van der Waals surface area contributed by atoms with Gasteiger partial charge in [-0.15, -0.1) is 0 Å². The molecule has 0 bridgehead atoms. The van der Waals surface area contributed by atoms with Gasteiger partial charge in [0.1, 0.15) is 11.5 Å². The maximum Gasteiger partial charge on any atom is 0.231 e. The lowest BCUT2D eigenvalue weighted by Gasteiger charge is -2.22. The second-order valence-corrected chi connectivity index (χ2v) is 8.71. The first-order chi connectivity index (χ1) is 19.1. The monoisotopic (exact) mass is 520 g/mol. The number of phenols is 1. The van der Waals surface area contributed by atoms with Crippen molar-refractivity contribution in [3.63, 3.8) is 0 Å². The molecule has 0 unspecified atom stereocenters. The lowest BCUT2D eigenvalue weighted by atomic mass is 10.1. The highest BCUT2D eigenvalue weighted by Crippen LogP contribution is 2.39. The van der Waals surface area contributed by atoms with Crippen LogP contribution in [0.1, 0.15) is 30.6 Å². The Morgan fingerprint density at radius 3 is 2.23 bits per heavy atom. The molecule has 0 radical (unpaired) electrons. The van der Waals surface area contributed by atoms with Gasteiger partial charge in [0.2, 0.25) is 11.9 Å². The quantitative estimate of drug-likeness (QED) is 0.261. The molecule has 0 aliphatic heterocycles. The smallest absolute Gasteiger partial charge is 0.231 e. The first-order valence-corrected chi connectivity index (χ1v) is 12.5. The number of nitrogen functional groups attached to an aromatic ring is 1. The molecule has 0 atom stereocenters. The van der Waals surface area contributed by atoms with E-state index in [4.69, 9.17) is 20.4 Å². The number of phenolic OH excluding ortho intramolecular Hbond substituents is 1. The largest absolute Gasteiger partial charge is 0.507 e. The van der Waals surface area contributed by atoms with Crippen molar-refractivity contribution in [2.75, 3.05) is 17.7 Å². The predicted octanol–water partition coefficient (Wildman–Crippen LogP) is 4.85. The molecule has 0 aliphatic carbocycles. The summed E-state index contributed by atoms with van der Waals surface area (Å²) in [5, 5.41) is 11.8. The zero-order chi connectivity index (χ0) is 27.2. The minimum Gasteiger partial charge on any atom is -0.507 e. The van der Waals surface area contributed by atoms with Crippen molar-refractivity contribution in [3.8, 4) is 11.5 Å². The lowest BCUT2D eigenvalue weighted by Crippen LogP contribution is -2.27. The number of hydrogen-bond donors (Lipinski definition) is 2. The van der Waals surface area contributed by atoms with Crippen LogP contribution in [0.4, 0.5) is 17.6 Å². The number of nitrogens with zero attached hydrogens (tertiary/aromatic N) is 7. The summed E-state index contributed by atoms with van der Waals surface area (Å²) in [5.41, 5.74) is 9.13. The third-order valence-electron chi connectivity index (χ3n) is 6.11. The summed E-state index contributed by atoms with van der Waals surface area (Å²) in [7, 11) is 1.59. The van der Waals surface area contributed by atoms with Gasteiger partial charge in [0.25, 0.3) is 0 Å². The fourth-order valence-corrected chi connectivity index (χ4v) is 4.26. The van der Waals surface area contributed by atoms with Crippen molar-refractivity contribution in [2.24, 2.45) is 4.99 Å². The zero-order valence-electron chi connectivity index (χ0n) is 21.7. The molecule has 0 saturated carbocycles. The normalized spacial score (nSPS) is 11.5. The number of ether oxygens (including phenoxy) is 1. The number of rotatable bonds is 9. The maximum absolute atomic E-state index is 10.4. The molecule has 3 N–H and O–H groups in total. The molecule has 39 heavy (non-hydrogen) atoms. The number of aromatic hydroxyl groups is 1. The lowest BCUT2D eigenvalue weighted by molar-refractivity contribution is 0.419. The molecule has 5 rings (SSSR count). The van der Waals surface area contributed by atoms with Gasteiger partial charge in [-0.25, -0.2) is 4.99 Å². The molecule has 196 valence electrons. The number of benzene rings is 2. The molecule has 0 saturated heterocycles. The van der Waals surface area contributed by atoms with Crippen LogP contribution >= 0.6 is 0 Å². The molecule has 3 heterocycles. The molecule has 3 aromatic heterocycles. The van der Waals surface area contributed by atoms with Crippen molar-refractivity contribution < 1.29 is 9.84 Å². The van der Waals surface area contributed by atoms with E-state index >= 15 is 0 Å². The van der Waals surface area contributed by atoms with Crippen LogP contribution in [-0.2, 0) is 13.1 Å². The predicted molar refractivity (Wildman–Crippen MR) is 151 cm³/mol. The number of aliphatic imine (C=N–C) groups is 1. The number of nitrogens with two attached hydrogens (primary N) is 1.